The third-order valence-corrected chi connectivity index (χ3v) is 5.60. The molecule has 0 saturated carbocycles. The number of nitrogens with one attached hydrogen (secondary N) is 3. The van der Waals surface area contributed by atoms with Gasteiger partial charge in [0.1, 0.15) is 0 Å². The van der Waals surface area contributed by atoms with Crippen LogP contribution >= 0.6 is 12.4 Å². The maximum atomic E-state index is 12.5. The first-order chi connectivity index (χ1) is 13.1. The normalized spacial score (nSPS) is 22.1. The Kier molecular flexibility index (Phi) is 9.06. The molecule has 6 nitrogen and oxygen atoms in total. The summed E-state index contributed by atoms with van der Waals surface area (Å²) < 4.78 is 0. The fourth-order valence-corrected chi connectivity index (χ4v) is 4.02. The number of nitrogens with zero attached hydrogens (tertiary/aromatic N) is 1. The lowest BCUT2D eigenvalue weighted by molar-refractivity contribution is -0.126. The Hall–Kier alpha value is -1.79. The van der Waals surface area contributed by atoms with Crippen LogP contribution in [0.25, 0.3) is 0 Å². The highest BCUT2D eigenvalue weighted by Crippen LogP contribution is 2.19. The van der Waals surface area contributed by atoms with E-state index in [1.54, 1.807) is 4.90 Å². The molecule has 2 unspecified atom stereocenters. The van der Waals surface area contributed by atoms with Gasteiger partial charge in [-0.25, -0.2) is 4.79 Å². The number of benzene rings is 1. The molecule has 0 bridgehead atoms. The summed E-state index contributed by atoms with van der Waals surface area (Å²) in [6.07, 6.45) is 5.23. The number of piperidine rings is 2. The molecule has 0 aromatic heterocycles. The summed E-state index contributed by atoms with van der Waals surface area (Å²) in [7, 11) is 0. The lowest BCUT2D eigenvalue weighted by Gasteiger charge is -2.32. The number of carbonyl (C=O) groups is 2. The van der Waals surface area contributed by atoms with Crippen LogP contribution in [0.15, 0.2) is 24.3 Å². The second-order valence-electron chi connectivity index (χ2n) is 7.88. The molecule has 2 atom stereocenters. The summed E-state index contributed by atoms with van der Waals surface area (Å²) in [6, 6.07) is 7.65. The Bertz CT molecular complexity index is 649. The SMILES string of the molecule is Cc1cccc(NC(=O)N2CCCC(C(=O)NCCC3CCCNC3)C2)c1.Cl. The van der Waals surface area contributed by atoms with Crippen molar-refractivity contribution in [1.82, 2.24) is 15.5 Å². The highest BCUT2D eigenvalue weighted by Gasteiger charge is 2.28. The molecule has 2 saturated heterocycles. The van der Waals surface area contributed by atoms with E-state index < -0.39 is 0 Å². The molecule has 2 fully saturated rings. The molecule has 0 spiro atoms. The van der Waals surface area contributed by atoms with Crippen LogP contribution in [-0.4, -0.2) is 49.6 Å². The van der Waals surface area contributed by atoms with Gasteiger partial charge in [0.05, 0.1) is 5.92 Å². The second-order valence-corrected chi connectivity index (χ2v) is 7.88. The molecule has 2 heterocycles. The standard InChI is InChI=1S/C21H32N4O2.ClH/c1-16-5-2-8-19(13-16)24-21(27)25-12-4-7-18(15-25)20(26)23-11-9-17-6-3-10-22-14-17;/h2,5,8,13,17-18,22H,3-4,6-7,9-12,14-15H2,1H3,(H,23,26)(H,24,27);1H. The maximum Gasteiger partial charge on any atom is 0.321 e. The largest absolute Gasteiger partial charge is 0.356 e. The molecule has 0 aliphatic carbocycles. The molecule has 7 heteroatoms. The number of likely N-dealkylation sites (tertiary alicyclic amines) is 1. The number of hydrogen-bond donors (Lipinski definition) is 3. The van der Waals surface area contributed by atoms with E-state index in [1.807, 2.05) is 31.2 Å². The quantitative estimate of drug-likeness (QED) is 0.700. The minimum atomic E-state index is -0.119. The summed E-state index contributed by atoms with van der Waals surface area (Å²) in [5.41, 5.74) is 1.91. The van der Waals surface area contributed by atoms with Crippen molar-refractivity contribution in [3.05, 3.63) is 29.8 Å². The van der Waals surface area contributed by atoms with Crippen molar-refractivity contribution in [2.75, 3.05) is 38.0 Å². The van der Waals surface area contributed by atoms with Gasteiger partial charge in [-0.2, -0.15) is 0 Å². The smallest absolute Gasteiger partial charge is 0.321 e. The van der Waals surface area contributed by atoms with Crippen LogP contribution in [0.3, 0.4) is 0 Å². The molecular weight excluding hydrogens is 376 g/mol. The van der Waals surface area contributed by atoms with Gasteiger partial charge >= 0.3 is 6.03 Å². The van der Waals surface area contributed by atoms with Gasteiger partial charge in [-0.15, -0.1) is 12.4 Å². The van der Waals surface area contributed by atoms with E-state index in [2.05, 4.69) is 16.0 Å². The Morgan fingerprint density at radius 2 is 2.11 bits per heavy atom. The number of amides is 3. The number of rotatable bonds is 5. The van der Waals surface area contributed by atoms with Crippen molar-refractivity contribution in [2.45, 2.75) is 39.0 Å². The fourth-order valence-electron chi connectivity index (χ4n) is 4.02. The van der Waals surface area contributed by atoms with Crippen LogP contribution in [-0.2, 0) is 4.79 Å². The van der Waals surface area contributed by atoms with Gasteiger partial charge in [-0.1, -0.05) is 12.1 Å². The summed E-state index contributed by atoms with van der Waals surface area (Å²) >= 11 is 0. The Morgan fingerprint density at radius 3 is 2.86 bits per heavy atom. The van der Waals surface area contributed by atoms with Crippen molar-refractivity contribution in [2.24, 2.45) is 11.8 Å². The number of halogens is 1. The predicted molar refractivity (Wildman–Crippen MR) is 115 cm³/mol. The summed E-state index contributed by atoms with van der Waals surface area (Å²) in [4.78, 5) is 26.8. The topological polar surface area (TPSA) is 73.5 Å². The first kappa shape index (κ1) is 22.5. The van der Waals surface area contributed by atoms with Crippen LogP contribution in [0, 0.1) is 18.8 Å². The van der Waals surface area contributed by atoms with Gasteiger partial charge < -0.3 is 20.9 Å². The van der Waals surface area contributed by atoms with Crippen molar-refractivity contribution in [1.29, 1.82) is 0 Å². The van der Waals surface area contributed by atoms with Crippen LogP contribution in [0.4, 0.5) is 10.5 Å². The molecule has 1 aromatic rings. The van der Waals surface area contributed by atoms with Gasteiger partial charge in [0.2, 0.25) is 5.91 Å². The number of urea groups is 1. The van der Waals surface area contributed by atoms with E-state index in [0.717, 1.165) is 50.1 Å². The van der Waals surface area contributed by atoms with Gasteiger partial charge in [0.15, 0.2) is 0 Å². The van der Waals surface area contributed by atoms with E-state index >= 15 is 0 Å². The third-order valence-electron chi connectivity index (χ3n) is 5.60. The average molecular weight is 409 g/mol. The number of aryl methyl sites for hydroxylation is 1. The summed E-state index contributed by atoms with van der Waals surface area (Å²) in [5, 5.41) is 9.45. The lowest BCUT2D eigenvalue weighted by Crippen LogP contribution is -2.47. The van der Waals surface area contributed by atoms with E-state index in [1.165, 1.54) is 12.8 Å². The summed E-state index contributed by atoms with van der Waals surface area (Å²) in [5.74, 6) is 0.653. The molecule has 156 valence electrons. The van der Waals surface area contributed by atoms with Gasteiger partial charge in [0.25, 0.3) is 0 Å². The molecule has 3 amide bonds. The molecule has 1 aromatic carbocycles. The van der Waals surface area contributed by atoms with Crippen LogP contribution in [0.2, 0.25) is 0 Å². The number of hydrogen-bond acceptors (Lipinski definition) is 3. The van der Waals surface area contributed by atoms with Gasteiger partial charge in [-0.05, 0) is 75.7 Å². The zero-order valence-electron chi connectivity index (χ0n) is 16.7. The molecule has 2 aliphatic rings. The summed E-state index contributed by atoms with van der Waals surface area (Å²) in [6.45, 7) is 6.11. The van der Waals surface area contributed by atoms with E-state index in [0.29, 0.717) is 19.0 Å². The van der Waals surface area contributed by atoms with E-state index in [9.17, 15) is 9.59 Å². The van der Waals surface area contributed by atoms with Crippen molar-refractivity contribution in [3.63, 3.8) is 0 Å². The maximum absolute atomic E-state index is 12.5. The Labute approximate surface area is 174 Å². The molecule has 2 aliphatic heterocycles. The minimum absolute atomic E-state index is 0. The lowest BCUT2D eigenvalue weighted by atomic mass is 9.95. The Morgan fingerprint density at radius 1 is 1.25 bits per heavy atom. The predicted octanol–water partition coefficient (Wildman–Crippen LogP) is 3.17. The molecule has 3 N–H and O–H groups in total. The zero-order valence-corrected chi connectivity index (χ0v) is 17.5. The van der Waals surface area contributed by atoms with E-state index in [4.69, 9.17) is 0 Å². The zero-order chi connectivity index (χ0) is 19.1. The van der Waals surface area contributed by atoms with Gasteiger partial charge in [0, 0.05) is 25.3 Å². The van der Waals surface area contributed by atoms with Crippen molar-refractivity contribution < 1.29 is 9.59 Å². The van der Waals surface area contributed by atoms with Crippen LogP contribution in [0.5, 0.6) is 0 Å². The number of carbonyl (C=O) groups excluding carboxylic acids is 2. The first-order valence-electron chi connectivity index (χ1n) is 10.2. The van der Waals surface area contributed by atoms with E-state index in [-0.39, 0.29) is 30.3 Å². The fraction of sp³-hybridized carbons (Fsp3) is 0.619. The minimum Gasteiger partial charge on any atom is -0.356 e. The average Bonchev–Trinajstić information content (AvgIpc) is 2.69. The highest BCUT2D eigenvalue weighted by atomic mass is 35.5. The molecule has 28 heavy (non-hydrogen) atoms. The van der Waals surface area contributed by atoms with Crippen LogP contribution in [0.1, 0.15) is 37.7 Å². The number of anilines is 1. The van der Waals surface area contributed by atoms with Crippen molar-refractivity contribution >= 4 is 30.0 Å². The second kappa shape index (κ2) is 11.3. The van der Waals surface area contributed by atoms with Gasteiger partial charge in [-0.3, -0.25) is 4.79 Å². The first-order valence-corrected chi connectivity index (χ1v) is 10.2. The molecule has 0 radical (unpaired) electrons. The highest BCUT2D eigenvalue weighted by molar-refractivity contribution is 5.90. The Balaban J connectivity index is 0.00000280. The van der Waals surface area contributed by atoms with Crippen molar-refractivity contribution in [3.8, 4) is 0 Å². The molecule has 3 rings (SSSR count). The third kappa shape index (κ3) is 6.67. The monoisotopic (exact) mass is 408 g/mol. The van der Waals surface area contributed by atoms with Crippen LogP contribution < -0.4 is 16.0 Å². The molecular formula is C21H33ClN4O2.